The number of nitrogens with one attached hydrogen (secondary N) is 2. The van der Waals surface area contributed by atoms with E-state index in [2.05, 4.69) is 10.6 Å². The summed E-state index contributed by atoms with van der Waals surface area (Å²) in [7, 11) is 0. The maximum Gasteiger partial charge on any atom is 0.323 e. The minimum atomic E-state index is -0.626. The molecule has 0 atom stereocenters. The van der Waals surface area contributed by atoms with E-state index in [1.54, 1.807) is 6.07 Å². The molecule has 0 bridgehead atoms. The zero-order valence-corrected chi connectivity index (χ0v) is 12.1. The first-order valence-corrected chi connectivity index (χ1v) is 6.49. The Hall–Kier alpha value is -3.09. The van der Waals surface area contributed by atoms with E-state index < -0.39 is 11.0 Å². The highest BCUT2D eigenvalue weighted by molar-refractivity contribution is 6.01. The number of aromatic hydroxyl groups is 1. The number of nitro benzene ring substituents is 1. The lowest BCUT2D eigenvalue weighted by Gasteiger charge is -2.11. The summed E-state index contributed by atoms with van der Waals surface area (Å²) in [5.74, 6) is -0.370. The number of hydrogen-bond acceptors (Lipinski definition) is 4. The summed E-state index contributed by atoms with van der Waals surface area (Å²) < 4.78 is 0. The van der Waals surface area contributed by atoms with Crippen LogP contribution < -0.4 is 10.6 Å². The van der Waals surface area contributed by atoms with Crippen molar-refractivity contribution in [3.63, 3.8) is 0 Å². The van der Waals surface area contributed by atoms with E-state index in [1.807, 2.05) is 26.0 Å². The van der Waals surface area contributed by atoms with Gasteiger partial charge in [0, 0.05) is 11.8 Å². The number of amides is 2. The Morgan fingerprint density at radius 1 is 1.09 bits per heavy atom. The second-order valence-corrected chi connectivity index (χ2v) is 4.86. The van der Waals surface area contributed by atoms with Gasteiger partial charge in [-0.05, 0) is 31.5 Å². The molecule has 0 saturated carbocycles. The molecule has 0 aliphatic rings. The molecule has 0 saturated heterocycles. The monoisotopic (exact) mass is 301 g/mol. The van der Waals surface area contributed by atoms with Crippen molar-refractivity contribution >= 4 is 23.1 Å². The molecule has 7 nitrogen and oxygen atoms in total. The van der Waals surface area contributed by atoms with Crippen LogP contribution in [-0.4, -0.2) is 16.1 Å². The maximum absolute atomic E-state index is 11.9. The van der Waals surface area contributed by atoms with Crippen LogP contribution in [0.5, 0.6) is 5.75 Å². The van der Waals surface area contributed by atoms with Gasteiger partial charge in [0.05, 0.1) is 16.7 Å². The third-order valence-corrected chi connectivity index (χ3v) is 3.07. The Labute approximate surface area is 126 Å². The molecule has 0 spiro atoms. The highest BCUT2D eigenvalue weighted by Gasteiger charge is 2.12. The maximum atomic E-state index is 11.9. The summed E-state index contributed by atoms with van der Waals surface area (Å²) in [6, 6.07) is 8.48. The van der Waals surface area contributed by atoms with Crippen LogP contribution in [0.3, 0.4) is 0 Å². The number of phenolic OH excluding ortho intramolecular Hbond substituents is 1. The fraction of sp³-hybridized carbons (Fsp3) is 0.133. The summed E-state index contributed by atoms with van der Waals surface area (Å²) in [5, 5.41) is 25.4. The largest absolute Gasteiger partial charge is 0.506 e. The predicted octanol–water partition coefficient (Wildman–Crippen LogP) is 3.56. The number of non-ortho nitro benzene ring substituents is 1. The number of benzene rings is 2. The Kier molecular flexibility index (Phi) is 4.26. The molecular formula is C15H15N3O4. The fourth-order valence-corrected chi connectivity index (χ4v) is 1.97. The van der Waals surface area contributed by atoms with Gasteiger partial charge in [0.2, 0.25) is 0 Å². The van der Waals surface area contributed by atoms with Crippen molar-refractivity contribution in [1.82, 2.24) is 0 Å². The standard InChI is InChI=1S/C15H15N3O4/c1-9-3-5-12(10(2)7-9)16-15(20)17-13-6-4-11(18(21)22)8-14(13)19/h3-8,19H,1-2H3,(H2,16,17,20). The molecular weight excluding hydrogens is 286 g/mol. The number of anilines is 2. The topological polar surface area (TPSA) is 104 Å². The summed E-state index contributed by atoms with van der Waals surface area (Å²) in [4.78, 5) is 21.9. The number of carbonyl (C=O) groups excluding carboxylic acids is 1. The van der Waals surface area contributed by atoms with Crippen LogP contribution >= 0.6 is 0 Å². The highest BCUT2D eigenvalue weighted by atomic mass is 16.6. The lowest BCUT2D eigenvalue weighted by Crippen LogP contribution is -2.20. The molecule has 0 aromatic heterocycles. The molecule has 0 radical (unpaired) electrons. The highest BCUT2D eigenvalue weighted by Crippen LogP contribution is 2.28. The Bertz CT molecular complexity index is 744. The first-order chi connectivity index (χ1) is 10.4. The number of hydrogen-bond donors (Lipinski definition) is 3. The van der Waals surface area contributed by atoms with Gasteiger partial charge in [-0.2, -0.15) is 0 Å². The number of phenols is 1. The minimum Gasteiger partial charge on any atom is -0.506 e. The van der Waals surface area contributed by atoms with Crippen LogP contribution in [0.2, 0.25) is 0 Å². The predicted molar refractivity (Wildman–Crippen MR) is 83.3 cm³/mol. The van der Waals surface area contributed by atoms with Crippen LogP contribution in [-0.2, 0) is 0 Å². The zero-order chi connectivity index (χ0) is 16.3. The van der Waals surface area contributed by atoms with Crippen LogP contribution in [0.1, 0.15) is 11.1 Å². The molecule has 0 unspecified atom stereocenters. The number of urea groups is 1. The van der Waals surface area contributed by atoms with Crippen molar-refractivity contribution < 1.29 is 14.8 Å². The summed E-state index contributed by atoms with van der Waals surface area (Å²) in [6.45, 7) is 3.82. The molecule has 0 aliphatic carbocycles. The second kappa shape index (κ2) is 6.13. The molecule has 2 rings (SSSR count). The Balaban J connectivity index is 2.10. The quantitative estimate of drug-likeness (QED) is 0.458. The number of carbonyl (C=O) groups is 1. The van der Waals surface area contributed by atoms with E-state index in [0.717, 1.165) is 17.2 Å². The smallest absolute Gasteiger partial charge is 0.323 e. The van der Waals surface area contributed by atoms with Crippen molar-refractivity contribution in [2.75, 3.05) is 10.6 Å². The van der Waals surface area contributed by atoms with Gasteiger partial charge in [-0.25, -0.2) is 4.79 Å². The van der Waals surface area contributed by atoms with Crippen LogP contribution in [0.4, 0.5) is 21.9 Å². The Morgan fingerprint density at radius 2 is 1.73 bits per heavy atom. The van der Waals surface area contributed by atoms with Gasteiger partial charge in [-0.1, -0.05) is 17.7 Å². The van der Waals surface area contributed by atoms with Gasteiger partial charge in [0.15, 0.2) is 0 Å². The van der Waals surface area contributed by atoms with Crippen molar-refractivity contribution in [3.05, 3.63) is 57.6 Å². The zero-order valence-electron chi connectivity index (χ0n) is 12.1. The molecule has 22 heavy (non-hydrogen) atoms. The SMILES string of the molecule is Cc1ccc(NC(=O)Nc2ccc([N+](=O)[O-])cc2O)c(C)c1. The van der Waals surface area contributed by atoms with Crippen molar-refractivity contribution in [2.24, 2.45) is 0 Å². The van der Waals surface area contributed by atoms with Gasteiger partial charge >= 0.3 is 6.03 Å². The molecule has 2 amide bonds. The van der Waals surface area contributed by atoms with Crippen molar-refractivity contribution in [3.8, 4) is 5.75 Å². The second-order valence-electron chi connectivity index (χ2n) is 4.86. The van der Waals surface area contributed by atoms with E-state index in [1.165, 1.54) is 12.1 Å². The van der Waals surface area contributed by atoms with E-state index in [4.69, 9.17) is 0 Å². The first-order valence-electron chi connectivity index (χ1n) is 6.49. The van der Waals surface area contributed by atoms with E-state index in [-0.39, 0.29) is 17.1 Å². The normalized spacial score (nSPS) is 10.1. The summed E-state index contributed by atoms with van der Waals surface area (Å²) >= 11 is 0. The third-order valence-electron chi connectivity index (χ3n) is 3.07. The molecule has 3 N–H and O–H groups in total. The number of rotatable bonds is 3. The number of aryl methyl sites for hydroxylation is 2. The molecule has 114 valence electrons. The summed E-state index contributed by atoms with van der Waals surface area (Å²) in [5.41, 5.74) is 2.47. The molecule has 7 heteroatoms. The lowest BCUT2D eigenvalue weighted by molar-refractivity contribution is -0.384. The minimum absolute atomic E-state index is 0.0906. The van der Waals surface area contributed by atoms with Gasteiger partial charge in [-0.15, -0.1) is 0 Å². The van der Waals surface area contributed by atoms with E-state index in [0.29, 0.717) is 5.69 Å². The van der Waals surface area contributed by atoms with Gasteiger partial charge < -0.3 is 15.7 Å². The number of nitrogens with zero attached hydrogens (tertiary/aromatic N) is 1. The average molecular weight is 301 g/mol. The molecule has 0 aliphatic heterocycles. The van der Waals surface area contributed by atoms with Crippen molar-refractivity contribution in [1.29, 1.82) is 0 Å². The van der Waals surface area contributed by atoms with Crippen LogP contribution in [0, 0.1) is 24.0 Å². The lowest BCUT2D eigenvalue weighted by atomic mass is 10.1. The number of nitro groups is 1. The van der Waals surface area contributed by atoms with Gasteiger partial charge in [-0.3, -0.25) is 10.1 Å². The molecule has 2 aromatic carbocycles. The van der Waals surface area contributed by atoms with Crippen LogP contribution in [0.25, 0.3) is 0 Å². The van der Waals surface area contributed by atoms with Gasteiger partial charge in [0.1, 0.15) is 5.75 Å². The fourth-order valence-electron chi connectivity index (χ4n) is 1.97. The summed E-state index contributed by atoms with van der Waals surface area (Å²) in [6.07, 6.45) is 0. The first kappa shape index (κ1) is 15.3. The molecule has 0 fully saturated rings. The molecule has 0 heterocycles. The third kappa shape index (κ3) is 3.51. The molecule has 2 aromatic rings. The van der Waals surface area contributed by atoms with Gasteiger partial charge in [0.25, 0.3) is 5.69 Å². The van der Waals surface area contributed by atoms with E-state index >= 15 is 0 Å². The van der Waals surface area contributed by atoms with Crippen LogP contribution in [0.15, 0.2) is 36.4 Å². The Morgan fingerprint density at radius 3 is 2.32 bits per heavy atom. The average Bonchev–Trinajstić information content (AvgIpc) is 2.44. The van der Waals surface area contributed by atoms with Crippen molar-refractivity contribution in [2.45, 2.75) is 13.8 Å². The van der Waals surface area contributed by atoms with E-state index in [9.17, 15) is 20.0 Å².